The van der Waals surface area contributed by atoms with Crippen molar-refractivity contribution in [2.75, 3.05) is 0 Å². The maximum Gasteiger partial charge on any atom is 0.0556 e. The molecule has 3 rings (SSSR count). The van der Waals surface area contributed by atoms with Crippen LogP contribution in [0.4, 0.5) is 0 Å². The molecule has 1 aliphatic carbocycles. The van der Waals surface area contributed by atoms with E-state index < -0.39 is 0 Å². The Bertz CT molecular complexity index is 538. The fraction of sp³-hybridized carbons (Fsp3) is 0.444. The molecule has 21 heavy (non-hydrogen) atoms. The highest BCUT2D eigenvalue weighted by atomic mass is 32.1. The highest BCUT2D eigenvalue weighted by Crippen LogP contribution is 2.33. The van der Waals surface area contributed by atoms with Gasteiger partial charge in [-0.05, 0) is 55.7 Å². The molecule has 1 aromatic carbocycles. The van der Waals surface area contributed by atoms with Gasteiger partial charge in [-0.3, -0.25) is 11.3 Å². The van der Waals surface area contributed by atoms with E-state index in [1.807, 2.05) is 11.3 Å². The first-order valence-corrected chi connectivity index (χ1v) is 8.80. The lowest BCUT2D eigenvalue weighted by molar-refractivity contribution is 0.524. The van der Waals surface area contributed by atoms with Gasteiger partial charge in [0, 0.05) is 9.75 Å². The lowest BCUT2D eigenvalue weighted by Crippen LogP contribution is -2.27. The Morgan fingerprint density at radius 1 is 1.10 bits per heavy atom. The summed E-state index contributed by atoms with van der Waals surface area (Å²) in [5.41, 5.74) is 5.99. The number of aryl methyl sites for hydroxylation is 3. The molecule has 1 atom stereocenters. The Balaban J connectivity index is 1.68. The number of benzene rings is 1. The van der Waals surface area contributed by atoms with Crippen molar-refractivity contribution in [2.24, 2.45) is 5.84 Å². The van der Waals surface area contributed by atoms with Crippen molar-refractivity contribution in [2.45, 2.75) is 51.0 Å². The topological polar surface area (TPSA) is 38.0 Å². The second-order valence-corrected chi connectivity index (χ2v) is 7.07. The van der Waals surface area contributed by atoms with Crippen LogP contribution in [0.15, 0.2) is 36.4 Å². The van der Waals surface area contributed by atoms with Crippen LogP contribution in [0.5, 0.6) is 0 Å². The predicted octanol–water partition coefficient (Wildman–Crippen LogP) is 4.15. The molecule has 112 valence electrons. The monoisotopic (exact) mass is 300 g/mol. The minimum absolute atomic E-state index is 0.280. The summed E-state index contributed by atoms with van der Waals surface area (Å²) in [7, 11) is 0. The summed E-state index contributed by atoms with van der Waals surface area (Å²) in [6.45, 7) is 0. The SMILES string of the molecule is NNC(CCc1ccccc1)c1cc2c(s1)CCCCC2. The fourth-order valence-corrected chi connectivity index (χ4v) is 4.48. The van der Waals surface area contributed by atoms with Crippen molar-refractivity contribution in [3.05, 3.63) is 57.3 Å². The van der Waals surface area contributed by atoms with Gasteiger partial charge in [-0.25, -0.2) is 0 Å². The maximum atomic E-state index is 5.81. The summed E-state index contributed by atoms with van der Waals surface area (Å²) < 4.78 is 0. The Morgan fingerprint density at radius 2 is 1.90 bits per heavy atom. The van der Waals surface area contributed by atoms with Gasteiger partial charge in [-0.15, -0.1) is 11.3 Å². The molecule has 3 N–H and O–H groups in total. The molecule has 0 bridgehead atoms. The molecular weight excluding hydrogens is 276 g/mol. The average molecular weight is 300 g/mol. The van der Waals surface area contributed by atoms with Crippen LogP contribution < -0.4 is 11.3 Å². The first-order chi connectivity index (χ1) is 10.4. The van der Waals surface area contributed by atoms with Crippen molar-refractivity contribution < 1.29 is 0 Å². The van der Waals surface area contributed by atoms with Crippen LogP contribution >= 0.6 is 11.3 Å². The Hall–Kier alpha value is -1.16. The van der Waals surface area contributed by atoms with E-state index in [1.54, 1.807) is 10.4 Å². The summed E-state index contributed by atoms with van der Waals surface area (Å²) >= 11 is 1.97. The van der Waals surface area contributed by atoms with Gasteiger partial charge in [-0.1, -0.05) is 36.8 Å². The quantitative estimate of drug-likeness (QED) is 0.494. The number of hydrogen-bond acceptors (Lipinski definition) is 3. The third kappa shape index (κ3) is 3.73. The van der Waals surface area contributed by atoms with Gasteiger partial charge in [0.1, 0.15) is 0 Å². The first-order valence-electron chi connectivity index (χ1n) is 7.98. The number of hydrazine groups is 1. The third-order valence-corrected chi connectivity index (χ3v) is 5.73. The van der Waals surface area contributed by atoms with Crippen molar-refractivity contribution in [1.29, 1.82) is 0 Å². The molecule has 0 spiro atoms. The zero-order valence-corrected chi connectivity index (χ0v) is 13.3. The zero-order valence-electron chi connectivity index (χ0n) is 12.5. The maximum absolute atomic E-state index is 5.81. The molecule has 1 aromatic heterocycles. The largest absolute Gasteiger partial charge is 0.271 e. The molecule has 0 saturated carbocycles. The highest BCUT2D eigenvalue weighted by molar-refractivity contribution is 7.12. The highest BCUT2D eigenvalue weighted by Gasteiger charge is 2.17. The van der Waals surface area contributed by atoms with E-state index in [0.29, 0.717) is 0 Å². The minimum Gasteiger partial charge on any atom is -0.271 e. The van der Waals surface area contributed by atoms with Gasteiger partial charge < -0.3 is 0 Å². The second kappa shape index (κ2) is 7.21. The molecule has 2 aromatic rings. The summed E-state index contributed by atoms with van der Waals surface area (Å²) in [5, 5.41) is 0. The van der Waals surface area contributed by atoms with Gasteiger partial charge in [0.15, 0.2) is 0 Å². The fourth-order valence-electron chi connectivity index (χ4n) is 3.13. The number of hydrogen-bond donors (Lipinski definition) is 2. The Labute approximate surface area is 131 Å². The van der Waals surface area contributed by atoms with Gasteiger partial charge >= 0.3 is 0 Å². The molecule has 2 nitrogen and oxygen atoms in total. The molecule has 0 amide bonds. The van der Waals surface area contributed by atoms with Crippen molar-refractivity contribution in [3.8, 4) is 0 Å². The molecule has 1 unspecified atom stereocenters. The number of thiophene rings is 1. The Morgan fingerprint density at radius 3 is 2.71 bits per heavy atom. The van der Waals surface area contributed by atoms with Crippen molar-refractivity contribution in [3.63, 3.8) is 0 Å². The normalized spacial score (nSPS) is 16.2. The van der Waals surface area contributed by atoms with E-state index in [2.05, 4.69) is 41.8 Å². The van der Waals surface area contributed by atoms with Crippen molar-refractivity contribution in [1.82, 2.24) is 5.43 Å². The smallest absolute Gasteiger partial charge is 0.0556 e. The zero-order chi connectivity index (χ0) is 14.5. The van der Waals surface area contributed by atoms with Crippen LogP contribution in [0.1, 0.15) is 52.6 Å². The van der Waals surface area contributed by atoms with Gasteiger partial charge in [0.25, 0.3) is 0 Å². The summed E-state index contributed by atoms with van der Waals surface area (Å²) in [6, 6.07) is 13.3. The molecular formula is C18H24N2S. The first kappa shape index (κ1) is 14.8. The molecule has 0 fully saturated rings. The van der Waals surface area contributed by atoms with Gasteiger partial charge in [-0.2, -0.15) is 0 Å². The summed E-state index contributed by atoms with van der Waals surface area (Å²) in [4.78, 5) is 3.02. The molecule has 1 heterocycles. The summed E-state index contributed by atoms with van der Waals surface area (Å²) in [6.07, 6.45) is 8.70. The van der Waals surface area contributed by atoms with Crippen LogP contribution in [0.25, 0.3) is 0 Å². The van der Waals surface area contributed by atoms with Crippen LogP contribution in [0.3, 0.4) is 0 Å². The number of nitrogens with two attached hydrogens (primary N) is 1. The second-order valence-electron chi connectivity index (χ2n) is 5.90. The van der Waals surface area contributed by atoms with E-state index in [0.717, 1.165) is 12.8 Å². The van der Waals surface area contributed by atoms with E-state index in [1.165, 1.54) is 42.5 Å². The Kier molecular flexibility index (Phi) is 5.07. The number of fused-ring (bicyclic) bond motifs is 1. The predicted molar refractivity (Wildman–Crippen MR) is 90.4 cm³/mol. The van der Waals surface area contributed by atoms with Crippen LogP contribution in [-0.2, 0) is 19.3 Å². The van der Waals surface area contributed by atoms with E-state index in [9.17, 15) is 0 Å². The number of rotatable bonds is 5. The van der Waals surface area contributed by atoms with E-state index >= 15 is 0 Å². The van der Waals surface area contributed by atoms with E-state index in [-0.39, 0.29) is 6.04 Å². The lowest BCUT2D eigenvalue weighted by atomic mass is 10.0. The van der Waals surface area contributed by atoms with Crippen LogP contribution in [0, 0.1) is 0 Å². The van der Waals surface area contributed by atoms with Crippen LogP contribution in [-0.4, -0.2) is 0 Å². The third-order valence-electron chi connectivity index (χ3n) is 4.37. The van der Waals surface area contributed by atoms with Gasteiger partial charge in [0.05, 0.1) is 6.04 Å². The van der Waals surface area contributed by atoms with Gasteiger partial charge in [0.2, 0.25) is 0 Å². The molecule has 0 aliphatic heterocycles. The van der Waals surface area contributed by atoms with E-state index in [4.69, 9.17) is 5.84 Å². The standard InChI is InChI=1S/C18H24N2S/c19-20-16(12-11-14-7-3-1-4-8-14)18-13-15-9-5-2-6-10-17(15)21-18/h1,3-4,7-8,13,16,20H,2,5-6,9-12,19H2. The minimum atomic E-state index is 0.280. The molecule has 1 aliphatic rings. The molecule has 0 radical (unpaired) electrons. The summed E-state index contributed by atoms with van der Waals surface area (Å²) in [5.74, 6) is 5.81. The number of nitrogens with one attached hydrogen (secondary N) is 1. The van der Waals surface area contributed by atoms with Crippen LogP contribution in [0.2, 0.25) is 0 Å². The average Bonchev–Trinajstić information content (AvgIpc) is 2.79. The lowest BCUT2D eigenvalue weighted by Gasteiger charge is -2.14. The molecule has 3 heteroatoms. The molecule has 0 saturated heterocycles. The van der Waals surface area contributed by atoms with Crippen molar-refractivity contribution >= 4 is 11.3 Å².